The van der Waals surface area contributed by atoms with Gasteiger partial charge in [-0.25, -0.2) is 9.50 Å². The Balaban J connectivity index is 1.69. The van der Waals surface area contributed by atoms with E-state index in [4.69, 9.17) is 16.3 Å². The van der Waals surface area contributed by atoms with Crippen LogP contribution in [0.2, 0.25) is 5.15 Å². The summed E-state index contributed by atoms with van der Waals surface area (Å²) in [6.45, 7) is 4.61. The molecule has 1 aliphatic heterocycles. The Bertz CT molecular complexity index is 536. The lowest BCUT2D eigenvalue weighted by atomic mass is 10.3. The molecule has 0 spiro atoms. The third-order valence-corrected chi connectivity index (χ3v) is 3.40. The van der Waals surface area contributed by atoms with Gasteiger partial charge in [0.2, 0.25) is 0 Å². The van der Waals surface area contributed by atoms with Crippen LogP contribution in [0, 0.1) is 0 Å². The van der Waals surface area contributed by atoms with Crippen LogP contribution in [0.25, 0.3) is 5.65 Å². The molecule has 0 unspecified atom stereocenters. The van der Waals surface area contributed by atoms with Crippen LogP contribution in [-0.2, 0) is 11.2 Å². The highest BCUT2D eigenvalue weighted by Crippen LogP contribution is 2.11. The van der Waals surface area contributed by atoms with Crippen molar-refractivity contribution in [3.8, 4) is 0 Å². The predicted molar refractivity (Wildman–Crippen MR) is 69.0 cm³/mol. The normalized spacial score (nSPS) is 17.4. The average molecular weight is 267 g/mol. The Morgan fingerprint density at radius 3 is 2.89 bits per heavy atom. The van der Waals surface area contributed by atoms with Gasteiger partial charge in [0.25, 0.3) is 0 Å². The van der Waals surface area contributed by atoms with Gasteiger partial charge < -0.3 is 4.74 Å². The zero-order chi connectivity index (χ0) is 12.4. The number of morpholine rings is 1. The molecule has 6 heteroatoms. The third-order valence-electron chi connectivity index (χ3n) is 3.11. The zero-order valence-electron chi connectivity index (χ0n) is 10.0. The Morgan fingerprint density at radius 1 is 1.28 bits per heavy atom. The molecule has 0 atom stereocenters. The standard InChI is InChI=1S/C12H15ClN4O/c13-10-2-1-3-12-14-11(15-17(10)12)4-5-16-6-8-18-9-7-16/h1-3H,4-9H2. The number of halogens is 1. The van der Waals surface area contributed by atoms with Crippen molar-refractivity contribution in [3.05, 3.63) is 29.2 Å². The van der Waals surface area contributed by atoms with Crippen molar-refractivity contribution in [1.82, 2.24) is 19.5 Å². The van der Waals surface area contributed by atoms with E-state index in [0.29, 0.717) is 5.15 Å². The molecular formula is C12H15ClN4O. The highest BCUT2D eigenvalue weighted by molar-refractivity contribution is 6.29. The van der Waals surface area contributed by atoms with Crippen LogP contribution >= 0.6 is 11.6 Å². The molecule has 0 saturated carbocycles. The van der Waals surface area contributed by atoms with Crippen LogP contribution < -0.4 is 0 Å². The van der Waals surface area contributed by atoms with Gasteiger partial charge in [0.15, 0.2) is 11.5 Å². The lowest BCUT2D eigenvalue weighted by molar-refractivity contribution is 0.0382. The number of ether oxygens (including phenoxy) is 1. The monoisotopic (exact) mass is 266 g/mol. The van der Waals surface area contributed by atoms with Crippen LogP contribution in [0.5, 0.6) is 0 Å². The summed E-state index contributed by atoms with van der Waals surface area (Å²) in [4.78, 5) is 6.84. The second-order valence-corrected chi connectivity index (χ2v) is 4.74. The number of fused-ring (bicyclic) bond motifs is 1. The molecular weight excluding hydrogens is 252 g/mol. The largest absolute Gasteiger partial charge is 0.379 e. The van der Waals surface area contributed by atoms with Gasteiger partial charge in [0.05, 0.1) is 13.2 Å². The minimum atomic E-state index is 0.595. The van der Waals surface area contributed by atoms with E-state index in [9.17, 15) is 0 Å². The molecule has 3 rings (SSSR count). The van der Waals surface area contributed by atoms with Crippen LogP contribution in [0.1, 0.15) is 5.82 Å². The van der Waals surface area contributed by atoms with Gasteiger partial charge in [-0.3, -0.25) is 4.90 Å². The van der Waals surface area contributed by atoms with Gasteiger partial charge in [-0.2, -0.15) is 0 Å². The molecule has 18 heavy (non-hydrogen) atoms. The number of rotatable bonds is 3. The van der Waals surface area contributed by atoms with Crippen LogP contribution in [0.3, 0.4) is 0 Å². The lowest BCUT2D eigenvalue weighted by Crippen LogP contribution is -2.37. The average Bonchev–Trinajstić information content (AvgIpc) is 2.82. The first-order valence-corrected chi connectivity index (χ1v) is 6.51. The van der Waals surface area contributed by atoms with Crippen molar-refractivity contribution in [2.45, 2.75) is 6.42 Å². The van der Waals surface area contributed by atoms with Crippen LogP contribution in [0.4, 0.5) is 0 Å². The summed E-state index contributed by atoms with van der Waals surface area (Å²) in [5, 5.41) is 5.01. The fraction of sp³-hybridized carbons (Fsp3) is 0.500. The maximum absolute atomic E-state index is 6.05. The quantitative estimate of drug-likeness (QED) is 0.785. The first-order chi connectivity index (χ1) is 8.83. The Hall–Kier alpha value is -1.17. The Kier molecular flexibility index (Phi) is 3.45. The summed E-state index contributed by atoms with van der Waals surface area (Å²) in [6, 6.07) is 5.62. The molecule has 96 valence electrons. The molecule has 0 radical (unpaired) electrons. The summed E-state index contributed by atoms with van der Waals surface area (Å²) in [7, 11) is 0. The zero-order valence-corrected chi connectivity index (χ0v) is 10.8. The predicted octanol–water partition coefficient (Wildman–Crippen LogP) is 1.26. The minimum absolute atomic E-state index is 0.595. The first kappa shape index (κ1) is 11.9. The van der Waals surface area contributed by atoms with Gasteiger partial charge in [0.1, 0.15) is 5.15 Å². The van der Waals surface area contributed by atoms with Crippen molar-refractivity contribution in [2.24, 2.45) is 0 Å². The lowest BCUT2D eigenvalue weighted by Gasteiger charge is -2.25. The molecule has 1 saturated heterocycles. The van der Waals surface area contributed by atoms with Gasteiger partial charge >= 0.3 is 0 Å². The van der Waals surface area contributed by atoms with E-state index in [0.717, 1.165) is 50.7 Å². The van der Waals surface area contributed by atoms with Gasteiger partial charge in [-0.05, 0) is 12.1 Å². The molecule has 0 N–H and O–H groups in total. The van der Waals surface area contributed by atoms with E-state index < -0.39 is 0 Å². The van der Waals surface area contributed by atoms with E-state index in [2.05, 4.69) is 15.0 Å². The maximum Gasteiger partial charge on any atom is 0.157 e. The van der Waals surface area contributed by atoms with E-state index in [1.54, 1.807) is 4.52 Å². The molecule has 1 aliphatic rings. The summed E-state index contributed by atoms with van der Waals surface area (Å²) in [6.07, 6.45) is 0.845. The second kappa shape index (κ2) is 5.22. The van der Waals surface area contributed by atoms with E-state index >= 15 is 0 Å². The van der Waals surface area contributed by atoms with E-state index in [1.165, 1.54) is 0 Å². The topological polar surface area (TPSA) is 42.7 Å². The highest BCUT2D eigenvalue weighted by Gasteiger charge is 2.12. The molecule has 5 nitrogen and oxygen atoms in total. The fourth-order valence-corrected chi connectivity index (χ4v) is 2.30. The van der Waals surface area contributed by atoms with Gasteiger partial charge in [-0.1, -0.05) is 17.7 Å². The van der Waals surface area contributed by atoms with Crippen molar-refractivity contribution in [2.75, 3.05) is 32.8 Å². The van der Waals surface area contributed by atoms with Gasteiger partial charge in [0, 0.05) is 26.1 Å². The van der Waals surface area contributed by atoms with Gasteiger partial charge in [-0.15, -0.1) is 5.10 Å². The summed E-state index contributed by atoms with van der Waals surface area (Å²) in [5.74, 6) is 0.842. The number of hydrogen-bond acceptors (Lipinski definition) is 4. The number of aromatic nitrogens is 3. The second-order valence-electron chi connectivity index (χ2n) is 4.35. The van der Waals surface area contributed by atoms with Crippen molar-refractivity contribution in [3.63, 3.8) is 0 Å². The number of nitrogens with zero attached hydrogens (tertiary/aromatic N) is 4. The molecule has 3 heterocycles. The molecule has 0 amide bonds. The molecule has 2 aromatic rings. The van der Waals surface area contributed by atoms with Crippen molar-refractivity contribution < 1.29 is 4.74 Å². The number of pyridine rings is 1. The molecule has 0 aromatic carbocycles. The fourth-order valence-electron chi connectivity index (χ4n) is 2.11. The first-order valence-electron chi connectivity index (χ1n) is 6.13. The number of hydrogen-bond donors (Lipinski definition) is 0. The van der Waals surface area contributed by atoms with E-state index in [-0.39, 0.29) is 0 Å². The van der Waals surface area contributed by atoms with Crippen molar-refractivity contribution >= 4 is 17.2 Å². The molecule has 2 aromatic heterocycles. The highest BCUT2D eigenvalue weighted by atomic mass is 35.5. The minimum Gasteiger partial charge on any atom is -0.379 e. The Labute approximate surface area is 110 Å². The summed E-state index contributed by atoms with van der Waals surface area (Å²) >= 11 is 6.05. The summed E-state index contributed by atoms with van der Waals surface area (Å²) < 4.78 is 7.00. The third kappa shape index (κ3) is 2.48. The Morgan fingerprint density at radius 2 is 2.11 bits per heavy atom. The summed E-state index contributed by atoms with van der Waals surface area (Å²) in [5.41, 5.74) is 0.805. The van der Waals surface area contributed by atoms with Crippen LogP contribution in [-0.4, -0.2) is 52.3 Å². The van der Waals surface area contributed by atoms with E-state index in [1.807, 2.05) is 18.2 Å². The molecule has 1 fully saturated rings. The van der Waals surface area contributed by atoms with Crippen LogP contribution in [0.15, 0.2) is 18.2 Å². The van der Waals surface area contributed by atoms with Crippen molar-refractivity contribution in [1.29, 1.82) is 0 Å². The molecule has 0 bridgehead atoms. The smallest absolute Gasteiger partial charge is 0.157 e. The molecule has 0 aliphatic carbocycles. The SMILES string of the molecule is Clc1cccc2nc(CCN3CCOCC3)nn12. The maximum atomic E-state index is 6.05.